The maximum Gasteiger partial charge on any atom is 0.129 e. The Kier molecular flexibility index (Phi) is 3.27. The van der Waals surface area contributed by atoms with Crippen molar-refractivity contribution in [3.63, 3.8) is 0 Å². The second kappa shape index (κ2) is 5.07. The van der Waals surface area contributed by atoms with E-state index in [0.29, 0.717) is 5.15 Å². The number of halogens is 1. The fourth-order valence-electron chi connectivity index (χ4n) is 1.75. The van der Waals surface area contributed by atoms with Crippen molar-refractivity contribution in [2.24, 2.45) is 0 Å². The van der Waals surface area contributed by atoms with Crippen LogP contribution in [0.15, 0.2) is 42.9 Å². The predicted octanol–water partition coefficient (Wildman–Crippen LogP) is 4.23. The van der Waals surface area contributed by atoms with Crippen molar-refractivity contribution in [1.82, 2.24) is 15.0 Å². The third kappa shape index (κ3) is 2.50. The average molecular weight is 288 g/mol. The number of nitrogens with zero attached hydrogens (tertiary/aromatic N) is 3. The molecule has 19 heavy (non-hydrogen) atoms. The van der Waals surface area contributed by atoms with Gasteiger partial charge in [-0.15, -0.1) is 11.3 Å². The van der Waals surface area contributed by atoms with Crippen LogP contribution in [-0.4, -0.2) is 15.0 Å². The molecule has 0 saturated carbocycles. The Hall–Kier alpha value is -1.78. The normalized spacial score (nSPS) is 10.6. The lowest BCUT2D eigenvalue weighted by Crippen LogP contribution is -1.82. The average Bonchev–Trinajstić information content (AvgIpc) is 2.89. The zero-order chi connectivity index (χ0) is 13.2. The number of aromatic nitrogens is 3. The van der Waals surface area contributed by atoms with Gasteiger partial charge in [-0.1, -0.05) is 17.7 Å². The Morgan fingerprint density at radius 3 is 2.84 bits per heavy atom. The molecule has 0 fully saturated rings. The summed E-state index contributed by atoms with van der Waals surface area (Å²) in [6.45, 7) is 2.05. The highest BCUT2D eigenvalue weighted by Crippen LogP contribution is 2.32. The van der Waals surface area contributed by atoms with Gasteiger partial charge in [-0.25, -0.2) is 9.97 Å². The van der Waals surface area contributed by atoms with E-state index >= 15 is 0 Å². The van der Waals surface area contributed by atoms with Crippen molar-refractivity contribution in [3.8, 4) is 21.1 Å². The van der Waals surface area contributed by atoms with Gasteiger partial charge in [0, 0.05) is 24.2 Å². The fraction of sp³-hybridized carbons (Fsp3) is 0.0714. The van der Waals surface area contributed by atoms with Crippen molar-refractivity contribution in [2.75, 3.05) is 0 Å². The topological polar surface area (TPSA) is 38.7 Å². The van der Waals surface area contributed by atoms with E-state index in [4.69, 9.17) is 11.6 Å². The number of hydrogen-bond acceptors (Lipinski definition) is 4. The molecule has 3 rings (SSSR count). The smallest absolute Gasteiger partial charge is 0.129 e. The summed E-state index contributed by atoms with van der Waals surface area (Å²) in [5.74, 6) is 0. The molecule has 3 aromatic heterocycles. The largest absolute Gasteiger partial charge is 0.264 e. The molecule has 0 atom stereocenters. The maximum atomic E-state index is 5.91. The minimum Gasteiger partial charge on any atom is -0.264 e. The van der Waals surface area contributed by atoms with Crippen LogP contribution in [0.4, 0.5) is 0 Å². The summed E-state index contributed by atoms with van der Waals surface area (Å²) < 4.78 is 0. The number of hydrogen-bond donors (Lipinski definition) is 0. The molecule has 3 heterocycles. The lowest BCUT2D eigenvalue weighted by Gasteiger charge is -1.99. The fourth-order valence-corrected chi connectivity index (χ4v) is 2.88. The Balaban J connectivity index is 2.03. The highest BCUT2D eigenvalue weighted by atomic mass is 35.5. The number of aryl methyl sites for hydroxylation is 1. The van der Waals surface area contributed by atoms with Crippen molar-refractivity contribution in [2.45, 2.75) is 6.92 Å². The summed E-state index contributed by atoms with van der Waals surface area (Å²) in [6.07, 6.45) is 5.44. The minimum absolute atomic E-state index is 0.491. The molecule has 3 aromatic rings. The molecule has 0 aliphatic heterocycles. The van der Waals surface area contributed by atoms with Crippen LogP contribution in [0.5, 0.6) is 0 Å². The summed E-state index contributed by atoms with van der Waals surface area (Å²) >= 11 is 7.50. The molecule has 0 spiro atoms. The lowest BCUT2D eigenvalue weighted by atomic mass is 10.2. The standard InChI is InChI=1S/C14H10ClN3S/c1-9-5-6-16-7-10(9)14-17-8-12(19-14)11-3-2-4-13(15)18-11/h2-8H,1H3. The zero-order valence-electron chi connectivity index (χ0n) is 10.2. The predicted molar refractivity (Wildman–Crippen MR) is 78.3 cm³/mol. The van der Waals surface area contributed by atoms with Gasteiger partial charge in [-0.3, -0.25) is 4.98 Å². The Morgan fingerprint density at radius 1 is 1.16 bits per heavy atom. The van der Waals surface area contributed by atoms with Gasteiger partial charge in [0.2, 0.25) is 0 Å². The first-order valence-corrected chi connectivity index (χ1v) is 6.93. The molecule has 3 nitrogen and oxygen atoms in total. The van der Waals surface area contributed by atoms with E-state index in [1.54, 1.807) is 23.6 Å². The first kappa shape index (κ1) is 12.3. The van der Waals surface area contributed by atoms with Gasteiger partial charge in [0.05, 0.1) is 10.6 Å². The van der Waals surface area contributed by atoms with Gasteiger partial charge in [0.25, 0.3) is 0 Å². The first-order chi connectivity index (χ1) is 9.24. The number of pyridine rings is 2. The molecule has 0 bridgehead atoms. The van der Waals surface area contributed by atoms with E-state index in [-0.39, 0.29) is 0 Å². The Morgan fingerprint density at radius 2 is 2.05 bits per heavy atom. The van der Waals surface area contributed by atoms with Gasteiger partial charge >= 0.3 is 0 Å². The van der Waals surface area contributed by atoms with E-state index < -0.39 is 0 Å². The quantitative estimate of drug-likeness (QED) is 0.662. The summed E-state index contributed by atoms with van der Waals surface area (Å²) in [5, 5.41) is 1.44. The van der Waals surface area contributed by atoms with E-state index in [0.717, 1.165) is 26.7 Å². The van der Waals surface area contributed by atoms with Crippen molar-refractivity contribution < 1.29 is 0 Å². The van der Waals surface area contributed by atoms with Crippen LogP contribution in [-0.2, 0) is 0 Å². The van der Waals surface area contributed by atoms with E-state index in [9.17, 15) is 0 Å². The third-order valence-electron chi connectivity index (χ3n) is 2.74. The van der Waals surface area contributed by atoms with E-state index in [1.807, 2.05) is 30.6 Å². The van der Waals surface area contributed by atoms with Gasteiger partial charge in [-0.05, 0) is 30.7 Å². The minimum atomic E-state index is 0.491. The highest BCUT2D eigenvalue weighted by Gasteiger charge is 2.09. The summed E-state index contributed by atoms with van der Waals surface area (Å²) in [4.78, 5) is 13.9. The molecule has 0 N–H and O–H groups in total. The Bertz CT molecular complexity index is 724. The molecule has 0 unspecified atom stereocenters. The molecule has 0 aliphatic rings. The van der Waals surface area contributed by atoms with Gasteiger partial charge in [0.1, 0.15) is 10.2 Å². The van der Waals surface area contributed by atoms with Crippen LogP contribution in [0.3, 0.4) is 0 Å². The maximum absolute atomic E-state index is 5.91. The molecule has 5 heteroatoms. The van der Waals surface area contributed by atoms with E-state index in [2.05, 4.69) is 21.9 Å². The van der Waals surface area contributed by atoms with Crippen molar-refractivity contribution >= 4 is 22.9 Å². The molecule has 0 saturated heterocycles. The second-order valence-corrected chi connectivity index (χ2v) is 5.48. The molecular weight excluding hydrogens is 278 g/mol. The Labute approximate surface area is 120 Å². The monoisotopic (exact) mass is 287 g/mol. The zero-order valence-corrected chi connectivity index (χ0v) is 11.7. The number of thiazole rings is 1. The van der Waals surface area contributed by atoms with E-state index in [1.165, 1.54) is 0 Å². The molecule has 0 aliphatic carbocycles. The molecule has 0 radical (unpaired) electrons. The number of rotatable bonds is 2. The van der Waals surface area contributed by atoms with Crippen LogP contribution >= 0.6 is 22.9 Å². The van der Waals surface area contributed by atoms with Crippen molar-refractivity contribution in [3.05, 3.63) is 53.6 Å². The third-order valence-corrected chi connectivity index (χ3v) is 4.01. The van der Waals surface area contributed by atoms with Gasteiger partial charge < -0.3 is 0 Å². The summed E-state index contributed by atoms with van der Waals surface area (Å²) in [5.41, 5.74) is 3.06. The molecule has 94 valence electrons. The van der Waals surface area contributed by atoms with Crippen LogP contribution in [0, 0.1) is 6.92 Å². The van der Waals surface area contributed by atoms with Gasteiger partial charge in [-0.2, -0.15) is 0 Å². The summed E-state index contributed by atoms with van der Waals surface area (Å²) in [6, 6.07) is 7.56. The molecular formula is C14H10ClN3S. The highest BCUT2D eigenvalue weighted by molar-refractivity contribution is 7.18. The molecule has 0 aromatic carbocycles. The van der Waals surface area contributed by atoms with Crippen molar-refractivity contribution in [1.29, 1.82) is 0 Å². The van der Waals surface area contributed by atoms with Crippen LogP contribution in [0.1, 0.15) is 5.56 Å². The van der Waals surface area contributed by atoms with Crippen LogP contribution in [0.25, 0.3) is 21.1 Å². The molecule has 0 amide bonds. The van der Waals surface area contributed by atoms with Gasteiger partial charge in [0.15, 0.2) is 0 Å². The van der Waals surface area contributed by atoms with Crippen LogP contribution < -0.4 is 0 Å². The van der Waals surface area contributed by atoms with Crippen LogP contribution in [0.2, 0.25) is 5.15 Å². The lowest BCUT2D eigenvalue weighted by molar-refractivity contribution is 1.27. The first-order valence-electron chi connectivity index (χ1n) is 5.74. The summed E-state index contributed by atoms with van der Waals surface area (Å²) in [7, 11) is 0. The SMILES string of the molecule is Cc1ccncc1-c1ncc(-c2cccc(Cl)n2)s1. The second-order valence-electron chi connectivity index (χ2n) is 4.07.